The van der Waals surface area contributed by atoms with E-state index in [1.807, 2.05) is 6.07 Å². The lowest BCUT2D eigenvalue weighted by molar-refractivity contribution is -0.119. The van der Waals surface area contributed by atoms with Crippen molar-refractivity contribution in [2.24, 2.45) is 0 Å². The molecule has 0 spiro atoms. The van der Waals surface area contributed by atoms with Crippen LogP contribution in [0.2, 0.25) is 0 Å². The molecule has 3 aromatic rings. The summed E-state index contributed by atoms with van der Waals surface area (Å²) < 4.78 is 6.44. The number of para-hydroxylation sites is 2. The zero-order valence-electron chi connectivity index (χ0n) is 14.7. The molecule has 0 radical (unpaired) electrons. The molecule has 1 saturated heterocycles. The summed E-state index contributed by atoms with van der Waals surface area (Å²) in [7, 11) is 0. The number of oxazole rings is 1. The average Bonchev–Trinajstić information content (AvgIpc) is 2.98. The summed E-state index contributed by atoms with van der Waals surface area (Å²) in [5.41, 5.74) is 2.37. The van der Waals surface area contributed by atoms with Crippen LogP contribution in [0.4, 0.5) is 11.4 Å². The molecule has 0 atom stereocenters. The molecule has 27 heavy (non-hydrogen) atoms. The molecule has 0 saturated carbocycles. The highest BCUT2D eigenvalue weighted by Crippen LogP contribution is 2.24. The van der Waals surface area contributed by atoms with E-state index in [2.05, 4.69) is 5.32 Å². The van der Waals surface area contributed by atoms with Crippen molar-refractivity contribution < 1.29 is 14.0 Å². The van der Waals surface area contributed by atoms with Crippen molar-refractivity contribution in [3.05, 3.63) is 59.1 Å². The Morgan fingerprint density at radius 3 is 2.78 bits per heavy atom. The molecule has 1 fully saturated rings. The van der Waals surface area contributed by atoms with Crippen molar-refractivity contribution in [1.29, 1.82) is 0 Å². The lowest BCUT2D eigenvalue weighted by Crippen LogP contribution is -2.35. The molecule has 0 aliphatic carbocycles. The summed E-state index contributed by atoms with van der Waals surface area (Å²) in [5, 5.41) is 2.79. The number of nitrogens with one attached hydrogen (secondary N) is 1. The number of carbonyl (C=O) groups is 2. The molecule has 0 unspecified atom stereocenters. The number of anilines is 2. The van der Waals surface area contributed by atoms with Crippen molar-refractivity contribution >= 4 is 34.3 Å². The third kappa shape index (κ3) is 3.48. The Balaban J connectivity index is 1.51. The number of rotatable bonds is 4. The number of benzene rings is 2. The Kier molecular flexibility index (Phi) is 4.50. The summed E-state index contributed by atoms with van der Waals surface area (Å²) in [4.78, 5) is 38.3. The minimum absolute atomic E-state index is 0.0983. The van der Waals surface area contributed by atoms with Gasteiger partial charge in [0.1, 0.15) is 6.54 Å². The smallest absolute Gasteiger partial charge is 0.408 e. The number of piperidine rings is 1. The van der Waals surface area contributed by atoms with Crippen LogP contribution in [0.1, 0.15) is 19.3 Å². The van der Waals surface area contributed by atoms with Gasteiger partial charge in [0.15, 0.2) is 5.58 Å². The Bertz CT molecular complexity index is 1070. The first-order valence-corrected chi connectivity index (χ1v) is 8.90. The van der Waals surface area contributed by atoms with Crippen LogP contribution < -0.4 is 16.0 Å². The lowest BCUT2D eigenvalue weighted by atomic mass is 10.1. The van der Waals surface area contributed by atoms with E-state index in [1.54, 1.807) is 47.4 Å². The van der Waals surface area contributed by atoms with Crippen LogP contribution in [0.15, 0.2) is 57.7 Å². The quantitative estimate of drug-likeness (QED) is 0.770. The van der Waals surface area contributed by atoms with Crippen LogP contribution in [0.5, 0.6) is 0 Å². The van der Waals surface area contributed by atoms with Gasteiger partial charge < -0.3 is 14.6 Å². The molecular formula is C20H19N3O4. The largest absolute Gasteiger partial charge is 0.420 e. The molecule has 0 bridgehead atoms. The molecule has 2 heterocycles. The van der Waals surface area contributed by atoms with Gasteiger partial charge in [0.25, 0.3) is 0 Å². The van der Waals surface area contributed by atoms with Crippen molar-refractivity contribution in [2.45, 2.75) is 25.8 Å². The normalized spacial score (nSPS) is 14.5. The molecule has 7 heteroatoms. The van der Waals surface area contributed by atoms with Gasteiger partial charge in [0.2, 0.25) is 11.8 Å². The van der Waals surface area contributed by atoms with E-state index in [0.29, 0.717) is 29.8 Å². The van der Waals surface area contributed by atoms with E-state index in [0.717, 1.165) is 18.5 Å². The van der Waals surface area contributed by atoms with Gasteiger partial charge in [-0.15, -0.1) is 0 Å². The minimum atomic E-state index is -0.570. The Morgan fingerprint density at radius 2 is 1.93 bits per heavy atom. The second-order valence-corrected chi connectivity index (χ2v) is 6.52. The summed E-state index contributed by atoms with van der Waals surface area (Å²) in [6, 6.07) is 14.1. The first-order chi connectivity index (χ1) is 13.1. The third-order valence-electron chi connectivity index (χ3n) is 4.64. The molecule has 1 N–H and O–H groups in total. The number of carbonyl (C=O) groups excluding carboxylic acids is 2. The zero-order valence-corrected chi connectivity index (χ0v) is 14.7. The fourth-order valence-electron chi connectivity index (χ4n) is 3.34. The maximum absolute atomic E-state index is 12.4. The van der Waals surface area contributed by atoms with Gasteiger partial charge in [0.05, 0.1) is 5.52 Å². The van der Waals surface area contributed by atoms with Crippen molar-refractivity contribution in [1.82, 2.24) is 4.57 Å². The highest BCUT2D eigenvalue weighted by atomic mass is 16.4. The predicted octanol–water partition coefficient (Wildman–Crippen LogP) is 2.75. The number of nitrogens with zero attached hydrogens (tertiary/aromatic N) is 2. The molecular weight excluding hydrogens is 346 g/mol. The van der Waals surface area contributed by atoms with E-state index in [9.17, 15) is 14.4 Å². The topological polar surface area (TPSA) is 84.5 Å². The third-order valence-corrected chi connectivity index (χ3v) is 4.64. The first kappa shape index (κ1) is 17.1. The molecule has 1 aromatic heterocycles. The van der Waals surface area contributed by atoms with E-state index in [-0.39, 0.29) is 18.4 Å². The van der Waals surface area contributed by atoms with E-state index in [4.69, 9.17) is 4.42 Å². The number of fused-ring (bicyclic) bond motifs is 1. The number of aromatic nitrogens is 1. The average molecular weight is 365 g/mol. The van der Waals surface area contributed by atoms with Crippen LogP contribution in [0.3, 0.4) is 0 Å². The Hall–Kier alpha value is -3.35. The van der Waals surface area contributed by atoms with Gasteiger partial charge in [-0.3, -0.25) is 14.2 Å². The summed E-state index contributed by atoms with van der Waals surface area (Å²) in [5.74, 6) is -0.814. The number of amides is 2. The summed E-state index contributed by atoms with van der Waals surface area (Å²) >= 11 is 0. The monoisotopic (exact) mass is 365 g/mol. The van der Waals surface area contributed by atoms with E-state index < -0.39 is 5.76 Å². The molecule has 138 valence electrons. The number of hydrogen-bond donors (Lipinski definition) is 1. The van der Waals surface area contributed by atoms with E-state index >= 15 is 0 Å². The second-order valence-electron chi connectivity index (χ2n) is 6.52. The second kappa shape index (κ2) is 7.11. The fourth-order valence-corrected chi connectivity index (χ4v) is 3.34. The zero-order chi connectivity index (χ0) is 18.8. The molecule has 7 nitrogen and oxygen atoms in total. The highest BCUT2D eigenvalue weighted by Gasteiger charge is 2.20. The minimum Gasteiger partial charge on any atom is -0.408 e. The molecule has 1 aliphatic heterocycles. The summed E-state index contributed by atoms with van der Waals surface area (Å²) in [6.45, 7) is 0.537. The Morgan fingerprint density at radius 1 is 1.07 bits per heavy atom. The van der Waals surface area contributed by atoms with Gasteiger partial charge in [-0.05, 0) is 43.2 Å². The van der Waals surface area contributed by atoms with Crippen LogP contribution in [0, 0.1) is 0 Å². The van der Waals surface area contributed by atoms with Gasteiger partial charge in [-0.25, -0.2) is 4.79 Å². The predicted molar refractivity (Wildman–Crippen MR) is 102 cm³/mol. The summed E-state index contributed by atoms with van der Waals surface area (Å²) in [6.07, 6.45) is 2.44. The highest BCUT2D eigenvalue weighted by molar-refractivity contribution is 5.96. The SMILES string of the molecule is O=C(Cn1c(=O)oc2ccccc21)Nc1cccc(N2CCCCC2=O)c1. The standard InChI is InChI=1S/C20H19N3O4/c24-18(13-23-16-8-1-2-9-17(16)27-20(23)26)21-14-6-5-7-15(12-14)22-11-4-3-10-19(22)25/h1-2,5-9,12H,3-4,10-11,13H2,(H,21,24). The van der Waals surface area contributed by atoms with Gasteiger partial charge in [-0.2, -0.15) is 0 Å². The first-order valence-electron chi connectivity index (χ1n) is 8.90. The van der Waals surface area contributed by atoms with Crippen molar-refractivity contribution in [3.63, 3.8) is 0 Å². The maximum atomic E-state index is 12.4. The van der Waals surface area contributed by atoms with Crippen LogP contribution in [-0.4, -0.2) is 22.9 Å². The molecule has 2 aromatic carbocycles. The van der Waals surface area contributed by atoms with Crippen molar-refractivity contribution in [3.8, 4) is 0 Å². The molecule has 1 aliphatic rings. The van der Waals surface area contributed by atoms with Crippen LogP contribution in [0.25, 0.3) is 11.1 Å². The Labute approximate surface area is 155 Å². The van der Waals surface area contributed by atoms with Crippen molar-refractivity contribution in [2.75, 3.05) is 16.8 Å². The van der Waals surface area contributed by atoms with Gasteiger partial charge in [0, 0.05) is 24.3 Å². The van der Waals surface area contributed by atoms with E-state index in [1.165, 1.54) is 4.57 Å². The number of hydrogen-bond acceptors (Lipinski definition) is 4. The molecule has 4 rings (SSSR count). The van der Waals surface area contributed by atoms with Crippen LogP contribution in [-0.2, 0) is 16.1 Å². The van der Waals surface area contributed by atoms with Crippen LogP contribution >= 0.6 is 0 Å². The van der Waals surface area contributed by atoms with Gasteiger partial charge in [-0.1, -0.05) is 18.2 Å². The van der Waals surface area contributed by atoms with Gasteiger partial charge >= 0.3 is 5.76 Å². The maximum Gasteiger partial charge on any atom is 0.420 e. The molecule has 2 amide bonds. The lowest BCUT2D eigenvalue weighted by Gasteiger charge is -2.27. The fraction of sp³-hybridized carbons (Fsp3) is 0.250.